The first-order valence-corrected chi connectivity index (χ1v) is 11.5. The van der Waals surface area contributed by atoms with E-state index in [1.54, 1.807) is 18.2 Å². The third-order valence-corrected chi connectivity index (χ3v) is 6.32. The molecule has 3 aromatic carbocycles. The van der Waals surface area contributed by atoms with Crippen LogP contribution in [-0.2, 0) is 16.4 Å². The molecule has 156 valence electrons. The predicted octanol–water partition coefficient (Wildman–Crippen LogP) is 5.16. The van der Waals surface area contributed by atoms with Crippen LogP contribution in [0.25, 0.3) is 0 Å². The van der Waals surface area contributed by atoms with Gasteiger partial charge in [0.2, 0.25) is 0 Å². The summed E-state index contributed by atoms with van der Waals surface area (Å²) < 4.78 is 27.3. The lowest BCUT2D eigenvalue weighted by Crippen LogP contribution is -2.24. The molecule has 30 heavy (non-hydrogen) atoms. The van der Waals surface area contributed by atoms with Gasteiger partial charge >= 0.3 is 0 Å². The highest BCUT2D eigenvalue weighted by Crippen LogP contribution is 2.26. The van der Waals surface area contributed by atoms with Gasteiger partial charge in [-0.25, -0.2) is 8.42 Å². The lowest BCUT2D eigenvalue weighted by molar-refractivity contribution is 0.0953. The fourth-order valence-electron chi connectivity index (χ4n) is 2.79. The first-order valence-electron chi connectivity index (χ1n) is 9.25. The number of nitrogens with one attached hydrogen (secondary N) is 2. The van der Waals surface area contributed by atoms with Crippen LogP contribution in [0.4, 0.5) is 5.69 Å². The van der Waals surface area contributed by atoms with Gasteiger partial charge in [-0.2, -0.15) is 0 Å². The summed E-state index contributed by atoms with van der Waals surface area (Å²) in [5, 5.41) is 3.67. The van der Waals surface area contributed by atoms with Crippen LogP contribution in [0, 0.1) is 0 Å². The van der Waals surface area contributed by atoms with Gasteiger partial charge in [-0.15, -0.1) is 0 Å². The molecule has 3 aromatic rings. The van der Waals surface area contributed by atoms with Crippen molar-refractivity contribution in [1.82, 2.24) is 5.32 Å². The lowest BCUT2D eigenvalue weighted by atomic mass is 10.1. The molecule has 0 aliphatic carbocycles. The Bertz CT molecular complexity index is 1120. The fraction of sp³-hybridized carbons (Fsp3) is 0.136. The van der Waals surface area contributed by atoms with Gasteiger partial charge in [0.1, 0.15) is 0 Å². The molecule has 0 aromatic heterocycles. The number of hydrogen-bond acceptors (Lipinski definition) is 3. The lowest BCUT2D eigenvalue weighted by Gasteiger charge is -2.11. The van der Waals surface area contributed by atoms with Crippen molar-refractivity contribution in [2.24, 2.45) is 0 Å². The molecule has 0 unspecified atom stereocenters. The summed E-state index contributed by atoms with van der Waals surface area (Å²) in [5.41, 5.74) is 1.71. The van der Waals surface area contributed by atoms with Crippen molar-refractivity contribution >= 4 is 44.8 Å². The molecular weight excluding hydrogens is 443 g/mol. The van der Waals surface area contributed by atoms with Crippen LogP contribution in [0.3, 0.4) is 0 Å². The second-order valence-electron chi connectivity index (χ2n) is 6.60. The standard InChI is InChI=1S/C22H20Cl2N2O3S/c23-18-11-8-16(9-12-18)5-4-14-25-22(27)17-10-13-21(20(24)15-17)26-30(28,29)19-6-2-1-3-7-19/h1-3,6-13,15,26H,4-5,14H2,(H,25,27). The molecule has 0 radical (unpaired) electrons. The Kier molecular flexibility index (Phi) is 7.37. The highest BCUT2D eigenvalue weighted by atomic mass is 35.5. The summed E-state index contributed by atoms with van der Waals surface area (Å²) in [5.74, 6) is -0.273. The van der Waals surface area contributed by atoms with Crippen molar-refractivity contribution in [3.8, 4) is 0 Å². The number of carbonyl (C=O) groups excluding carboxylic acids is 1. The zero-order valence-electron chi connectivity index (χ0n) is 15.9. The van der Waals surface area contributed by atoms with Crippen molar-refractivity contribution < 1.29 is 13.2 Å². The predicted molar refractivity (Wildman–Crippen MR) is 121 cm³/mol. The van der Waals surface area contributed by atoms with Gasteiger partial charge in [0, 0.05) is 17.1 Å². The zero-order valence-corrected chi connectivity index (χ0v) is 18.3. The minimum atomic E-state index is -3.76. The molecule has 1 amide bonds. The highest BCUT2D eigenvalue weighted by Gasteiger charge is 2.16. The molecule has 0 bridgehead atoms. The zero-order chi connectivity index (χ0) is 21.6. The van der Waals surface area contributed by atoms with E-state index < -0.39 is 10.0 Å². The normalized spacial score (nSPS) is 11.1. The van der Waals surface area contributed by atoms with Gasteiger partial charge < -0.3 is 5.32 Å². The summed E-state index contributed by atoms with van der Waals surface area (Å²) in [6.07, 6.45) is 1.59. The van der Waals surface area contributed by atoms with Crippen molar-refractivity contribution in [3.63, 3.8) is 0 Å². The maximum absolute atomic E-state index is 12.4. The molecule has 2 N–H and O–H groups in total. The molecule has 0 aliphatic rings. The Morgan fingerprint density at radius 2 is 1.60 bits per heavy atom. The topological polar surface area (TPSA) is 75.3 Å². The fourth-order valence-corrected chi connectivity index (χ4v) is 4.30. The van der Waals surface area contributed by atoms with Gasteiger partial charge in [-0.1, -0.05) is 53.5 Å². The molecule has 0 atom stereocenters. The van der Waals surface area contributed by atoms with E-state index in [9.17, 15) is 13.2 Å². The van der Waals surface area contributed by atoms with E-state index in [1.165, 1.54) is 30.3 Å². The number of sulfonamides is 1. The van der Waals surface area contributed by atoms with E-state index in [1.807, 2.05) is 24.3 Å². The van der Waals surface area contributed by atoms with E-state index in [4.69, 9.17) is 23.2 Å². The molecule has 3 rings (SSSR count). The third-order valence-electron chi connectivity index (χ3n) is 4.37. The van der Waals surface area contributed by atoms with Gasteiger partial charge in [0.25, 0.3) is 15.9 Å². The number of benzene rings is 3. The van der Waals surface area contributed by atoms with Gasteiger partial charge in [-0.05, 0) is 60.9 Å². The third kappa shape index (κ3) is 5.98. The van der Waals surface area contributed by atoms with Gasteiger partial charge in [0.05, 0.1) is 15.6 Å². The number of amides is 1. The SMILES string of the molecule is O=C(NCCCc1ccc(Cl)cc1)c1ccc(NS(=O)(=O)c2ccccc2)c(Cl)c1. The average molecular weight is 463 g/mol. The molecule has 0 saturated carbocycles. The average Bonchev–Trinajstić information content (AvgIpc) is 2.74. The van der Waals surface area contributed by atoms with E-state index >= 15 is 0 Å². The smallest absolute Gasteiger partial charge is 0.261 e. The number of hydrogen-bond donors (Lipinski definition) is 2. The molecule has 0 fully saturated rings. The number of halogens is 2. The Morgan fingerprint density at radius 1 is 0.900 bits per heavy atom. The minimum absolute atomic E-state index is 0.128. The van der Waals surface area contributed by atoms with Gasteiger partial charge in [0.15, 0.2) is 0 Å². The number of aryl methyl sites for hydroxylation is 1. The molecule has 8 heteroatoms. The molecule has 0 spiro atoms. The quantitative estimate of drug-likeness (QED) is 0.454. The Morgan fingerprint density at radius 3 is 2.27 bits per heavy atom. The number of rotatable bonds is 8. The molecule has 0 heterocycles. The summed E-state index contributed by atoms with van der Waals surface area (Å²) >= 11 is 12.1. The van der Waals surface area contributed by atoms with Crippen molar-refractivity contribution in [1.29, 1.82) is 0 Å². The second kappa shape index (κ2) is 9.98. The monoisotopic (exact) mass is 462 g/mol. The second-order valence-corrected chi connectivity index (χ2v) is 9.13. The first-order chi connectivity index (χ1) is 14.3. The van der Waals surface area contributed by atoms with Crippen molar-refractivity contribution in [2.75, 3.05) is 11.3 Å². The van der Waals surface area contributed by atoms with E-state index in [0.29, 0.717) is 17.1 Å². The van der Waals surface area contributed by atoms with Crippen LogP contribution >= 0.6 is 23.2 Å². The van der Waals surface area contributed by atoms with Crippen LogP contribution in [0.15, 0.2) is 77.7 Å². The van der Waals surface area contributed by atoms with Crippen LogP contribution in [0.1, 0.15) is 22.3 Å². The van der Waals surface area contributed by atoms with Crippen LogP contribution < -0.4 is 10.0 Å². The summed E-state index contributed by atoms with van der Waals surface area (Å²) in [4.78, 5) is 12.5. The maximum Gasteiger partial charge on any atom is 0.261 e. The van der Waals surface area contributed by atoms with Crippen LogP contribution in [-0.4, -0.2) is 20.9 Å². The molecule has 0 aliphatic heterocycles. The molecule has 5 nitrogen and oxygen atoms in total. The molecule has 0 saturated heterocycles. The summed E-state index contributed by atoms with van der Waals surface area (Å²) in [6.45, 7) is 0.501. The first kappa shape index (κ1) is 22.2. The van der Waals surface area contributed by atoms with E-state index in [-0.39, 0.29) is 21.5 Å². The van der Waals surface area contributed by atoms with E-state index in [0.717, 1.165) is 18.4 Å². The van der Waals surface area contributed by atoms with Crippen molar-refractivity contribution in [3.05, 3.63) is 94.0 Å². The largest absolute Gasteiger partial charge is 0.352 e. The van der Waals surface area contributed by atoms with E-state index in [2.05, 4.69) is 10.0 Å². The minimum Gasteiger partial charge on any atom is -0.352 e. The molecular formula is C22H20Cl2N2O3S. The van der Waals surface area contributed by atoms with Crippen LogP contribution in [0.2, 0.25) is 10.0 Å². The Labute approximate surface area is 186 Å². The highest BCUT2D eigenvalue weighted by molar-refractivity contribution is 7.92. The van der Waals surface area contributed by atoms with Crippen LogP contribution in [0.5, 0.6) is 0 Å². The summed E-state index contributed by atoms with van der Waals surface area (Å²) in [7, 11) is -3.76. The Hall–Kier alpha value is -2.54. The maximum atomic E-state index is 12.4. The number of carbonyl (C=O) groups is 1. The summed E-state index contributed by atoms with van der Waals surface area (Å²) in [6, 6.07) is 20.0. The van der Waals surface area contributed by atoms with Gasteiger partial charge in [-0.3, -0.25) is 9.52 Å². The number of anilines is 1. The van der Waals surface area contributed by atoms with Crippen molar-refractivity contribution in [2.45, 2.75) is 17.7 Å². The Balaban J connectivity index is 1.56.